The first kappa shape index (κ1) is 13.4. The van der Waals surface area contributed by atoms with Gasteiger partial charge in [0, 0.05) is 12.0 Å². The molecule has 0 radical (unpaired) electrons. The summed E-state index contributed by atoms with van der Waals surface area (Å²) in [5.74, 6) is 2.94. The fourth-order valence-electron chi connectivity index (χ4n) is 5.22. The Morgan fingerprint density at radius 1 is 1.00 bits per heavy atom. The average Bonchev–Trinajstić information content (AvgIpc) is 2.36. The van der Waals surface area contributed by atoms with Crippen LogP contribution < -0.4 is 11.1 Å². The quantitative estimate of drug-likeness (QED) is 0.724. The molecule has 0 aromatic heterocycles. The van der Waals surface area contributed by atoms with E-state index in [4.69, 9.17) is 5.73 Å². The summed E-state index contributed by atoms with van der Waals surface area (Å²) < 4.78 is 0. The molecular formula is C16H28N2O. The molecule has 0 unspecified atom stereocenters. The number of unbranched alkanes of at least 4 members (excludes halogenated alkanes) is 2. The van der Waals surface area contributed by atoms with E-state index >= 15 is 0 Å². The first-order valence-electron chi connectivity index (χ1n) is 8.20. The van der Waals surface area contributed by atoms with E-state index in [2.05, 4.69) is 5.32 Å². The van der Waals surface area contributed by atoms with Gasteiger partial charge in [0.05, 0.1) is 0 Å². The summed E-state index contributed by atoms with van der Waals surface area (Å²) in [6.07, 6.45) is 11.0. The van der Waals surface area contributed by atoms with Gasteiger partial charge in [-0.15, -0.1) is 0 Å². The van der Waals surface area contributed by atoms with E-state index in [1.165, 1.54) is 38.5 Å². The number of nitrogens with two attached hydrogens (primary N) is 1. The van der Waals surface area contributed by atoms with Gasteiger partial charge in [-0.25, -0.2) is 0 Å². The highest BCUT2D eigenvalue weighted by Gasteiger charge is 2.54. The SMILES string of the molecule is NCCCCCNC(=O)C12CC3CC(CC(C3)C1)C2. The lowest BCUT2D eigenvalue weighted by Crippen LogP contribution is -2.53. The second-order valence-electron chi connectivity index (χ2n) is 7.30. The van der Waals surface area contributed by atoms with Crippen LogP contribution in [0.5, 0.6) is 0 Å². The molecule has 4 aliphatic rings. The first-order chi connectivity index (χ1) is 9.22. The van der Waals surface area contributed by atoms with Crippen molar-refractivity contribution in [3.05, 3.63) is 0 Å². The number of carbonyl (C=O) groups is 1. The van der Waals surface area contributed by atoms with Gasteiger partial charge in [0.2, 0.25) is 5.91 Å². The van der Waals surface area contributed by atoms with Crippen molar-refractivity contribution < 1.29 is 4.79 Å². The average molecular weight is 264 g/mol. The summed E-state index contributed by atoms with van der Waals surface area (Å²) in [6, 6.07) is 0. The van der Waals surface area contributed by atoms with Crippen LogP contribution in [0.25, 0.3) is 0 Å². The first-order valence-corrected chi connectivity index (χ1v) is 8.20. The Morgan fingerprint density at radius 2 is 1.58 bits per heavy atom. The van der Waals surface area contributed by atoms with Gasteiger partial charge in [0.1, 0.15) is 0 Å². The summed E-state index contributed by atoms with van der Waals surface area (Å²) in [7, 11) is 0. The smallest absolute Gasteiger partial charge is 0.226 e. The van der Waals surface area contributed by atoms with Crippen LogP contribution in [-0.4, -0.2) is 19.0 Å². The minimum absolute atomic E-state index is 0.0304. The van der Waals surface area contributed by atoms with Gasteiger partial charge in [-0.05, 0) is 75.7 Å². The van der Waals surface area contributed by atoms with Gasteiger partial charge in [0.25, 0.3) is 0 Å². The Morgan fingerprint density at radius 3 is 2.11 bits per heavy atom. The van der Waals surface area contributed by atoms with Crippen molar-refractivity contribution in [2.45, 2.75) is 57.8 Å². The van der Waals surface area contributed by atoms with E-state index in [0.29, 0.717) is 5.91 Å². The second-order valence-corrected chi connectivity index (χ2v) is 7.30. The Bertz CT molecular complexity index is 304. The number of rotatable bonds is 6. The zero-order chi connectivity index (χ0) is 13.3. The molecule has 0 heterocycles. The molecule has 0 aromatic rings. The molecule has 108 valence electrons. The number of amides is 1. The summed E-state index contributed by atoms with van der Waals surface area (Å²) in [4.78, 5) is 12.6. The van der Waals surface area contributed by atoms with Gasteiger partial charge >= 0.3 is 0 Å². The van der Waals surface area contributed by atoms with Crippen molar-refractivity contribution >= 4 is 5.91 Å². The van der Waals surface area contributed by atoms with Crippen molar-refractivity contribution in [1.29, 1.82) is 0 Å². The van der Waals surface area contributed by atoms with Gasteiger partial charge < -0.3 is 11.1 Å². The van der Waals surface area contributed by atoms with Crippen molar-refractivity contribution in [2.24, 2.45) is 28.9 Å². The largest absolute Gasteiger partial charge is 0.356 e. The number of hydrogen-bond donors (Lipinski definition) is 2. The zero-order valence-electron chi connectivity index (χ0n) is 12.0. The Labute approximate surface area is 116 Å². The third-order valence-corrected chi connectivity index (χ3v) is 5.69. The van der Waals surface area contributed by atoms with Crippen LogP contribution in [0.3, 0.4) is 0 Å². The number of carbonyl (C=O) groups excluding carboxylic acids is 1. The van der Waals surface area contributed by atoms with Crippen LogP contribution in [0.2, 0.25) is 0 Å². The van der Waals surface area contributed by atoms with E-state index in [-0.39, 0.29) is 5.41 Å². The molecule has 19 heavy (non-hydrogen) atoms. The molecule has 4 saturated carbocycles. The molecule has 0 spiro atoms. The Kier molecular flexibility index (Phi) is 3.84. The van der Waals surface area contributed by atoms with Gasteiger partial charge in [-0.3, -0.25) is 4.79 Å². The topological polar surface area (TPSA) is 55.1 Å². The van der Waals surface area contributed by atoms with Crippen LogP contribution in [0.1, 0.15) is 57.8 Å². The van der Waals surface area contributed by atoms with E-state index in [9.17, 15) is 4.79 Å². The highest BCUT2D eigenvalue weighted by Crippen LogP contribution is 2.60. The molecule has 1 amide bonds. The van der Waals surface area contributed by atoms with Crippen molar-refractivity contribution in [3.8, 4) is 0 Å². The molecule has 0 aliphatic heterocycles. The van der Waals surface area contributed by atoms with E-state index in [0.717, 1.165) is 50.1 Å². The normalized spacial score (nSPS) is 39.5. The van der Waals surface area contributed by atoms with Gasteiger partial charge in [-0.2, -0.15) is 0 Å². The predicted octanol–water partition coefficient (Wildman–Crippen LogP) is 2.45. The Balaban J connectivity index is 1.52. The lowest BCUT2D eigenvalue weighted by molar-refractivity contribution is -0.146. The maximum atomic E-state index is 12.6. The fraction of sp³-hybridized carbons (Fsp3) is 0.938. The fourth-order valence-corrected chi connectivity index (χ4v) is 5.22. The highest BCUT2D eigenvalue weighted by atomic mass is 16.2. The minimum Gasteiger partial charge on any atom is -0.356 e. The second kappa shape index (κ2) is 5.43. The molecule has 4 bridgehead atoms. The molecule has 0 saturated heterocycles. The summed E-state index contributed by atoms with van der Waals surface area (Å²) in [6.45, 7) is 1.61. The summed E-state index contributed by atoms with van der Waals surface area (Å²) in [5, 5.41) is 3.22. The van der Waals surface area contributed by atoms with E-state index in [1.807, 2.05) is 0 Å². The third kappa shape index (κ3) is 2.67. The van der Waals surface area contributed by atoms with Gasteiger partial charge in [-0.1, -0.05) is 6.42 Å². The lowest BCUT2D eigenvalue weighted by Gasteiger charge is -2.55. The molecule has 4 rings (SSSR count). The molecule has 0 atom stereocenters. The predicted molar refractivity (Wildman–Crippen MR) is 76.5 cm³/mol. The van der Waals surface area contributed by atoms with E-state index < -0.39 is 0 Å². The van der Waals surface area contributed by atoms with Crippen molar-refractivity contribution in [2.75, 3.05) is 13.1 Å². The molecule has 0 aromatic carbocycles. The number of nitrogens with one attached hydrogen (secondary N) is 1. The molecule has 4 aliphatic carbocycles. The van der Waals surface area contributed by atoms with Gasteiger partial charge in [0.15, 0.2) is 0 Å². The summed E-state index contributed by atoms with van der Waals surface area (Å²) in [5.41, 5.74) is 5.52. The van der Waals surface area contributed by atoms with Crippen LogP contribution in [0, 0.1) is 23.2 Å². The lowest BCUT2D eigenvalue weighted by atomic mass is 9.49. The molecule has 4 fully saturated rings. The third-order valence-electron chi connectivity index (χ3n) is 5.69. The highest BCUT2D eigenvalue weighted by molar-refractivity contribution is 5.83. The maximum Gasteiger partial charge on any atom is 0.226 e. The maximum absolute atomic E-state index is 12.6. The van der Waals surface area contributed by atoms with Crippen molar-refractivity contribution in [3.63, 3.8) is 0 Å². The van der Waals surface area contributed by atoms with Crippen LogP contribution in [0.15, 0.2) is 0 Å². The standard InChI is InChI=1S/C16H28N2O/c17-4-2-1-3-5-18-15(19)16-9-12-6-13(10-16)8-14(7-12)11-16/h12-14H,1-11,17H2,(H,18,19). The molecular weight excluding hydrogens is 236 g/mol. The molecule has 3 N–H and O–H groups in total. The monoisotopic (exact) mass is 264 g/mol. The minimum atomic E-state index is 0.0304. The Hall–Kier alpha value is -0.570. The summed E-state index contributed by atoms with van der Waals surface area (Å²) >= 11 is 0. The van der Waals surface area contributed by atoms with Crippen LogP contribution in [-0.2, 0) is 4.79 Å². The number of hydrogen-bond acceptors (Lipinski definition) is 2. The zero-order valence-corrected chi connectivity index (χ0v) is 12.0. The van der Waals surface area contributed by atoms with Crippen molar-refractivity contribution in [1.82, 2.24) is 5.32 Å². The molecule has 3 nitrogen and oxygen atoms in total. The van der Waals surface area contributed by atoms with E-state index in [1.54, 1.807) is 0 Å². The van der Waals surface area contributed by atoms with Crippen LogP contribution in [0.4, 0.5) is 0 Å². The van der Waals surface area contributed by atoms with Crippen LogP contribution >= 0.6 is 0 Å². The molecule has 3 heteroatoms.